The average Bonchev–Trinajstić information content (AvgIpc) is 3.40. The third-order valence-corrected chi connectivity index (χ3v) is 8.93. The standard InChI is InChI=1S/C32H30F2N6O3S/c1-44(42,43)27-12-6-22(7-13-27)30-32(40-15-14-35-20-28(40)37-30)36-21-29(41)38-16-18-39(19-17-38)31(23-2-8-25(33)9-3-23)24-4-10-26(34)11-5-24/h2-15,20,31,36H,16-19,21H2,1H3. The van der Waals surface area contributed by atoms with Crippen LogP contribution in [0.5, 0.6) is 0 Å². The summed E-state index contributed by atoms with van der Waals surface area (Å²) in [6.45, 7) is 2.13. The van der Waals surface area contributed by atoms with E-state index < -0.39 is 9.84 Å². The van der Waals surface area contributed by atoms with Crippen LogP contribution in [0.1, 0.15) is 17.2 Å². The molecule has 44 heavy (non-hydrogen) atoms. The van der Waals surface area contributed by atoms with E-state index in [1.165, 1.54) is 36.4 Å². The molecular weight excluding hydrogens is 586 g/mol. The highest BCUT2D eigenvalue weighted by molar-refractivity contribution is 7.90. The van der Waals surface area contributed by atoms with Crippen molar-refractivity contribution in [3.8, 4) is 11.3 Å². The lowest BCUT2D eigenvalue weighted by Gasteiger charge is -2.40. The van der Waals surface area contributed by atoms with Gasteiger partial charge >= 0.3 is 0 Å². The Labute approximate surface area is 253 Å². The van der Waals surface area contributed by atoms with Crippen LogP contribution in [0, 0.1) is 11.6 Å². The van der Waals surface area contributed by atoms with Crippen LogP contribution in [0.4, 0.5) is 14.6 Å². The highest BCUT2D eigenvalue weighted by atomic mass is 32.2. The van der Waals surface area contributed by atoms with E-state index in [0.29, 0.717) is 48.9 Å². The van der Waals surface area contributed by atoms with Gasteiger partial charge in [-0.1, -0.05) is 36.4 Å². The number of sulfone groups is 1. The van der Waals surface area contributed by atoms with E-state index in [9.17, 15) is 22.0 Å². The summed E-state index contributed by atoms with van der Waals surface area (Å²) in [5.41, 5.74) is 3.61. The molecule has 1 aliphatic heterocycles. The van der Waals surface area contributed by atoms with Crippen LogP contribution in [0.15, 0.2) is 96.3 Å². The van der Waals surface area contributed by atoms with E-state index in [1.807, 2.05) is 0 Å². The first-order valence-electron chi connectivity index (χ1n) is 14.1. The number of hydrogen-bond donors (Lipinski definition) is 1. The van der Waals surface area contributed by atoms with Crippen molar-refractivity contribution < 1.29 is 22.0 Å². The fraction of sp³-hybridized carbons (Fsp3) is 0.219. The number of imidazole rings is 1. The van der Waals surface area contributed by atoms with Crippen molar-refractivity contribution >= 4 is 27.2 Å². The first kappa shape index (κ1) is 29.4. The van der Waals surface area contributed by atoms with Gasteiger partial charge < -0.3 is 10.2 Å². The second-order valence-electron chi connectivity index (χ2n) is 10.7. The minimum Gasteiger partial charge on any atom is -0.360 e. The molecule has 0 atom stereocenters. The van der Waals surface area contributed by atoms with Gasteiger partial charge in [-0.25, -0.2) is 22.2 Å². The summed E-state index contributed by atoms with van der Waals surface area (Å²) >= 11 is 0. The van der Waals surface area contributed by atoms with Crippen molar-refractivity contribution in [2.45, 2.75) is 10.9 Å². The molecule has 1 fully saturated rings. The second kappa shape index (κ2) is 12.1. The third-order valence-electron chi connectivity index (χ3n) is 7.80. The molecule has 0 radical (unpaired) electrons. The van der Waals surface area contributed by atoms with Crippen molar-refractivity contribution in [3.05, 3.63) is 114 Å². The Morgan fingerprint density at radius 2 is 1.48 bits per heavy atom. The molecule has 1 amide bonds. The molecule has 2 aromatic heterocycles. The Morgan fingerprint density at radius 3 is 2.05 bits per heavy atom. The number of nitrogens with zero attached hydrogens (tertiary/aromatic N) is 5. The smallest absolute Gasteiger partial charge is 0.242 e. The number of piperazine rings is 1. The van der Waals surface area contributed by atoms with E-state index in [2.05, 4.69) is 20.2 Å². The number of anilines is 1. The van der Waals surface area contributed by atoms with Gasteiger partial charge in [0.1, 0.15) is 23.1 Å². The molecule has 0 aliphatic carbocycles. The minimum absolute atomic E-state index is 0.0177. The van der Waals surface area contributed by atoms with Gasteiger partial charge in [0.2, 0.25) is 5.91 Å². The van der Waals surface area contributed by atoms with Crippen LogP contribution < -0.4 is 5.32 Å². The van der Waals surface area contributed by atoms with Crippen LogP contribution in [-0.2, 0) is 14.6 Å². The number of hydrogen-bond acceptors (Lipinski definition) is 7. The number of rotatable bonds is 8. The summed E-state index contributed by atoms with van der Waals surface area (Å²) in [4.78, 5) is 26.4. The third kappa shape index (κ3) is 6.17. The summed E-state index contributed by atoms with van der Waals surface area (Å²) in [6, 6.07) is 18.9. The Hall–Kier alpha value is -4.68. The number of carbonyl (C=O) groups excluding carboxylic acids is 1. The number of aromatic nitrogens is 3. The highest BCUT2D eigenvalue weighted by Crippen LogP contribution is 2.31. The second-order valence-corrected chi connectivity index (χ2v) is 12.7. The molecular formula is C32H30F2N6O3S. The lowest BCUT2D eigenvalue weighted by atomic mass is 9.96. The van der Waals surface area contributed by atoms with E-state index in [0.717, 1.165) is 17.4 Å². The van der Waals surface area contributed by atoms with Crippen LogP contribution in [0.2, 0.25) is 0 Å². The average molecular weight is 617 g/mol. The molecule has 3 aromatic carbocycles. The van der Waals surface area contributed by atoms with Crippen LogP contribution >= 0.6 is 0 Å². The molecule has 0 spiro atoms. The largest absolute Gasteiger partial charge is 0.360 e. The molecule has 1 N–H and O–H groups in total. The van der Waals surface area contributed by atoms with Gasteiger partial charge in [0.15, 0.2) is 15.5 Å². The zero-order valence-corrected chi connectivity index (χ0v) is 24.7. The summed E-state index contributed by atoms with van der Waals surface area (Å²) in [5.74, 6) is -0.155. The maximum Gasteiger partial charge on any atom is 0.242 e. The number of benzene rings is 3. The number of fused-ring (bicyclic) bond motifs is 1. The zero-order valence-electron chi connectivity index (χ0n) is 23.9. The van der Waals surface area contributed by atoms with Gasteiger partial charge in [-0.15, -0.1) is 0 Å². The molecule has 12 heteroatoms. The Morgan fingerprint density at radius 1 is 0.886 bits per heavy atom. The highest BCUT2D eigenvalue weighted by Gasteiger charge is 2.28. The maximum absolute atomic E-state index is 13.7. The van der Waals surface area contributed by atoms with Crippen molar-refractivity contribution in [2.24, 2.45) is 0 Å². The molecule has 1 saturated heterocycles. The number of nitrogens with one attached hydrogen (secondary N) is 1. The zero-order chi connectivity index (χ0) is 30.8. The first-order chi connectivity index (χ1) is 21.2. The predicted octanol–water partition coefficient (Wildman–Crippen LogP) is 4.42. The maximum atomic E-state index is 13.7. The summed E-state index contributed by atoms with van der Waals surface area (Å²) in [6.07, 6.45) is 6.13. The van der Waals surface area contributed by atoms with Gasteiger partial charge in [0.25, 0.3) is 0 Å². The molecule has 9 nitrogen and oxygen atoms in total. The number of halogens is 2. The Kier molecular flexibility index (Phi) is 8.11. The predicted molar refractivity (Wildman–Crippen MR) is 163 cm³/mol. The Balaban J connectivity index is 1.17. The van der Waals surface area contributed by atoms with Gasteiger partial charge in [-0.3, -0.25) is 19.1 Å². The first-order valence-corrected chi connectivity index (χ1v) is 16.0. The SMILES string of the molecule is CS(=O)(=O)c1ccc(-c2nc3cnccn3c2NCC(=O)N2CCN(C(c3ccc(F)cc3)c3ccc(F)cc3)CC2)cc1. The molecule has 226 valence electrons. The van der Waals surface area contributed by atoms with Crippen molar-refractivity contribution in [1.82, 2.24) is 24.2 Å². The quantitative estimate of drug-likeness (QED) is 0.276. The van der Waals surface area contributed by atoms with Gasteiger partial charge in [0, 0.05) is 50.4 Å². The molecule has 0 unspecified atom stereocenters. The van der Waals surface area contributed by atoms with Gasteiger partial charge in [-0.05, 0) is 47.5 Å². The molecule has 1 aliphatic rings. The summed E-state index contributed by atoms with van der Waals surface area (Å²) < 4.78 is 53.0. The minimum atomic E-state index is -3.35. The van der Waals surface area contributed by atoms with E-state index in [1.54, 1.807) is 64.3 Å². The fourth-order valence-corrected chi connectivity index (χ4v) is 6.17. The monoisotopic (exact) mass is 616 g/mol. The van der Waals surface area contributed by atoms with Crippen molar-refractivity contribution in [2.75, 3.05) is 44.3 Å². The number of carbonyl (C=O) groups is 1. The van der Waals surface area contributed by atoms with E-state index >= 15 is 0 Å². The molecule has 6 rings (SSSR count). The van der Waals surface area contributed by atoms with Crippen LogP contribution in [0.25, 0.3) is 16.9 Å². The lowest BCUT2D eigenvalue weighted by Crippen LogP contribution is -2.51. The summed E-state index contributed by atoms with van der Waals surface area (Å²) in [7, 11) is -3.35. The molecule has 3 heterocycles. The van der Waals surface area contributed by atoms with E-state index in [-0.39, 0.29) is 35.0 Å². The van der Waals surface area contributed by atoms with Crippen LogP contribution in [-0.4, -0.2) is 77.5 Å². The molecule has 0 saturated carbocycles. The topological polar surface area (TPSA) is 99.9 Å². The normalized spacial score (nSPS) is 14.3. The van der Waals surface area contributed by atoms with Crippen LogP contribution in [0.3, 0.4) is 0 Å². The fourth-order valence-electron chi connectivity index (χ4n) is 5.54. The number of amides is 1. The van der Waals surface area contributed by atoms with Gasteiger partial charge in [-0.2, -0.15) is 0 Å². The van der Waals surface area contributed by atoms with Gasteiger partial charge in [0.05, 0.1) is 23.7 Å². The van der Waals surface area contributed by atoms with Crippen molar-refractivity contribution in [1.29, 1.82) is 0 Å². The molecule has 5 aromatic rings. The lowest BCUT2D eigenvalue weighted by molar-refractivity contribution is -0.131. The Bertz CT molecular complexity index is 1840. The molecule has 0 bridgehead atoms. The van der Waals surface area contributed by atoms with E-state index in [4.69, 9.17) is 0 Å². The summed E-state index contributed by atoms with van der Waals surface area (Å²) in [5, 5.41) is 3.25. The van der Waals surface area contributed by atoms with Crippen molar-refractivity contribution in [3.63, 3.8) is 0 Å².